The molecular formula is C18H24FN3O4. The van der Waals surface area contributed by atoms with Crippen LogP contribution in [0.1, 0.15) is 32.8 Å². The van der Waals surface area contributed by atoms with Crippen LogP contribution in [0.15, 0.2) is 24.3 Å². The van der Waals surface area contributed by atoms with Crippen LogP contribution in [-0.4, -0.2) is 48.5 Å². The van der Waals surface area contributed by atoms with E-state index in [2.05, 4.69) is 10.6 Å². The predicted molar refractivity (Wildman–Crippen MR) is 92.7 cm³/mol. The van der Waals surface area contributed by atoms with E-state index in [0.717, 1.165) is 4.90 Å². The fourth-order valence-corrected chi connectivity index (χ4v) is 2.64. The van der Waals surface area contributed by atoms with Gasteiger partial charge in [-0.3, -0.25) is 14.5 Å². The number of amides is 4. The van der Waals surface area contributed by atoms with Crippen LogP contribution in [0.5, 0.6) is 0 Å². The first-order chi connectivity index (χ1) is 12.2. The number of urea groups is 1. The summed E-state index contributed by atoms with van der Waals surface area (Å²) in [4.78, 5) is 37.7. The summed E-state index contributed by atoms with van der Waals surface area (Å²) in [6, 6.07) is 4.65. The molecule has 1 atom stereocenters. The Hall–Kier alpha value is -2.48. The minimum absolute atomic E-state index is 0.126. The van der Waals surface area contributed by atoms with Gasteiger partial charge < -0.3 is 15.4 Å². The van der Waals surface area contributed by atoms with E-state index in [0.29, 0.717) is 25.1 Å². The molecule has 1 aliphatic heterocycles. The quantitative estimate of drug-likeness (QED) is 0.540. The van der Waals surface area contributed by atoms with Crippen molar-refractivity contribution >= 4 is 17.8 Å². The Labute approximate surface area is 151 Å². The Bertz CT molecular complexity index is 678. The highest BCUT2D eigenvalue weighted by atomic mass is 19.1. The Kier molecular flexibility index (Phi) is 6.31. The lowest BCUT2D eigenvalue weighted by Crippen LogP contribution is -2.43. The van der Waals surface area contributed by atoms with Crippen molar-refractivity contribution < 1.29 is 23.5 Å². The van der Waals surface area contributed by atoms with Crippen LogP contribution in [0, 0.1) is 5.82 Å². The monoisotopic (exact) mass is 365 g/mol. The van der Waals surface area contributed by atoms with Gasteiger partial charge in [-0.05, 0) is 44.9 Å². The van der Waals surface area contributed by atoms with Gasteiger partial charge in [-0.15, -0.1) is 0 Å². The summed E-state index contributed by atoms with van der Waals surface area (Å²) in [5, 5.41) is 5.23. The van der Waals surface area contributed by atoms with Gasteiger partial charge in [0.1, 0.15) is 17.9 Å². The molecule has 1 aliphatic rings. The molecule has 0 aromatic heterocycles. The molecule has 1 saturated heterocycles. The maximum absolute atomic E-state index is 13.1. The number of hydrogen-bond donors (Lipinski definition) is 2. The first-order valence-electron chi connectivity index (χ1n) is 8.52. The van der Waals surface area contributed by atoms with E-state index in [9.17, 15) is 18.8 Å². The topological polar surface area (TPSA) is 87.7 Å². The molecule has 2 rings (SSSR count). The van der Waals surface area contributed by atoms with E-state index in [1.54, 1.807) is 0 Å². The summed E-state index contributed by atoms with van der Waals surface area (Å²) in [5.41, 5.74) is -0.873. The van der Waals surface area contributed by atoms with Crippen molar-refractivity contribution in [2.75, 3.05) is 19.7 Å². The average Bonchev–Trinajstić information content (AvgIpc) is 2.79. The molecule has 1 aromatic rings. The number of nitrogens with zero attached hydrogens (tertiary/aromatic N) is 1. The zero-order valence-electron chi connectivity index (χ0n) is 15.2. The van der Waals surface area contributed by atoms with E-state index in [4.69, 9.17) is 4.74 Å². The van der Waals surface area contributed by atoms with Gasteiger partial charge in [-0.25, -0.2) is 9.18 Å². The fourth-order valence-electron chi connectivity index (χ4n) is 2.64. The van der Waals surface area contributed by atoms with E-state index in [1.807, 2.05) is 13.8 Å². The summed E-state index contributed by atoms with van der Waals surface area (Å²) < 4.78 is 18.5. The number of imide groups is 1. The number of rotatable bonds is 8. The maximum atomic E-state index is 13.1. The van der Waals surface area contributed by atoms with Gasteiger partial charge in [0.05, 0.1) is 6.10 Å². The smallest absolute Gasteiger partial charge is 0.325 e. The lowest BCUT2D eigenvalue weighted by Gasteiger charge is -2.22. The molecular weight excluding hydrogens is 341 g/mol. The number of carbonyl (C=O) groups excluding carboxylic acids is 3. The number of ether oxygens (including phenoxy) is 1. The lowest BCUT2D eigenvalue weighted by atomic mass is 9.92. The molecule has 1 heterocycles. The highest BCUT2D eigenvalue weighted by molar-refractivity contribution is 6.09. The molecule has 4 amide bonds. The Morgan fingerprint density at radius 1 is 1.31 bits per heavy atom. The average molecular weight is 365 g/mol. The number of carbonyl (C=O) groups is 3. The van der Waals surface area contributed by atoms with Crippen molar-refractivity contribution in [2.24, 2.45) is 0 Å². The Balaban J connectivity index is 1.92. The number of halogens is 1. The third-order valence-corrected chi connectivity index (χ3v) is 4.09. The van der Waals surface area contributed by atoms with E-state index < -0.39 is 29.2 Å². The van der Waals surface area contributed by atoms with Crippen LogP contribution in [0.2, 0.25) is 0 Å². The predicted octanol–water partition coefficient (Wildman–Crippen LogP) is 1.52. The summed E-state index contributed by atoms with van der Waals surface area (Å²) in [5.74, 6) is -1.42. The van der Waals surface area contributed by atoms with Crippen LogP contribution in [0.25, 0.3) is 0 Å². The van der Waals surface area contributed by atoms with Crippen molar-refractivity contribution in [3.05, 3.63) is 35.6 Å². The molecule has 0 bridgehead atoms. The van der Waals surface area contributed by atoms with Crippen molar-refractivity contribution in [3.63, 3.8) is 0 Å². The molecule has 2 N–H and O–H groups in total. The molecule has 7 nitrogen and oxygen atoms in total. The number of hydrogen-bond acceptors (Lipinski definition) is 4. The second-order valence-electron chi connectivity index (χ2n) is 6.58. The van der Waals surface area contributed by atoms with Crippen molar-refractivity contribution in [1.29, 1.82) is 0 Å². The first kappa shape index (κ1) is 19.8. The molecule has 1 aromatic carbocycles. The molecule has 26 heavy (non-hydrogen) atoms. The van der Waals surface area contributed by atoms with E-state index in [-0.39, 0.29) is 12.6 Å². The van der Waals surface area contributed by atoms with Crippen LogP contribution < -0.4 is 10.6 Å². The van der Waals surface area contributed by atoms with Gasteiger partial charge in [-0.2, -0.15) is 0 Å². The number of benzene rings is 1. The lowest BCUT2D eigenvalue weighted by molar-refractivity contribution is -0.134. The third kappa shape index (κ3) is 4.57. The van der Waals surface area contributed by atoms with Crippen LogP contribution in [-0.2, 0) is 19.9 Å². The maximum Gasteiger partial charge on any atom is 0.325 e. The molecule has 142 valence electrons. The summed E-state index contributed by atoms with van der Waals surface area (Å²) in [6.07, 6.45) is 0.762. The van der Waals surface area contributed by atoms with Gasteiger partial charge in [0.15, 0.2) is 0 Å². The molecule has 0 radical (unpaired) electrons. The highest BCUT2D eigenvalue weighted by Crippen LogP contribution is 2.28. The second-order valence-corrected chi connectivity index (χ2v) is 6.58. The van der Waals surface area contributed by atoms with Gasteiger partial charge in [0.2, 0.25) is 5.91 Å². The fraction of sp³-hybridized carbons (Fsp3) is 0.500. The standard InChI is InChI=1S/C18H24FN3O4/c1-12(2)26-10-4-9-20-15(23)11-22-16(24)18(3,21-17(22)25)13-5-7-14(19)8-6-13/h5-8,12H,4,9-11H2,1-3H3,(H,20,23)(H,21,25)/t18-/m0/s1. The molecule has 1 fully saturated rings. The molecule has 0 saturated carbocycles. The highest BCUT2D eigenvalue weighted by Gasteiger charge is 2.49. The van der Waals surface area contributed by atoms with Crippen molar-refractivity contribution in [2.45, 2.75) is 38.8 Å². The van der Waals surface area contributed by atoms with Gasteiger partial charge in [0, 0.05) is 13.2 Å². The number of nitrogens with one attached hydrogen (secondary N) is 2. The SMILES string of the molecule is CC(C)OCCCNC(=O)CN1C(=O)N[C@@](C)(c2ccc(F)cc2)C1=O. The summed E-state index contributed by atoms with van der Waals surface area (Å²) in [6.45, 7) is 5.92. The molecule has 0 unspecified atom stereocenters. The van der Waals surface area contributed by atoms with Crippen molar-refractivity contribution in [1.82, 2.24) is 15.5 Å². The van der Waals surface area contributed by atoms with Crippen LogP contribution in [0.3, 0.4) is 0 Å². The van der Waals surface area contributed by atoms with E-state index in [1.165, 1.54) is 31.2 Å². The Morgan fingerprint density at radius 2 is 1.96 bits per heavy atom. The zero-order valence-corrected chi connectivity index (χ0v) is 15.2. The van der Waals surface area contributed by atoms with Crippen LogP contribution >= 0.6 is 0 Å². The van der Waals surface area contributed by atoms with Gasteiger partial charge >= 0.3 is 6.03 Å². The summed E-state index contributed by atoms with van der Waals surface area (Å²) in [7, 11) is 0. The largest absolute Gasteiger partial charge is 0.379 e. The van der Waals surface area contributed by atoms with Crippen LogP contribution in [0.4, 0.5) is 9.18 Å². The second kappa shape index (κ2) is 8.27. The minimum Gasteiger partial charge on any atom is -0.379 e. The molecule has 0 spiro atoms. The van der Waals surface area contributed by atoms with Gasteiger partial charge in [0.25, 0.3) is 5.91 Å². The minimum atomic E-state index is -1.32. The Morgan fingerprint density at radius 3 is 2.58 bits per heavy atom. The normalized spacial score (nSPS) is 19.8. The van der Waals surface area contributed by atoms with Crippen molar-refractivity contribution in [3.8, 4) is 0 Å². The van der Waals surface area contributed by atoms with E-state index >= 15 is 0 Å². The zero-order chi connectivity index (χ0) is 19.3. The first-order valence-corrected chi connectivity index (χ1v) is 8.52. The summed E-state index contributed by atoms with van der Waals surface area (Å²) >= 11 is 0. The third-order valence-electron chi connectivity index (χ3n) is 4.09. The van der Waals surface area contributed by atoms with Gasteiger partial charge in [-0.1, -0.05) is 12.1 Å². The molecule has 8 heteroatoms. The molecule has 0 aliphatic carbocycles.